The SMILES string of the molecule is O=C(CN(Cc1ccccc1)S(=O)(=O)c1ccccc1)NCc1ccccn1. The quantitative estimate of drug-likeness (QED) is 0.636. The summed E-state index contributed by atoms with van der Waals surface area (Å²) in [7, 11) is -3.82. The molecular weight excluding hydrogens is 374 g/mol. The van der Waals surface area contributed by atoms with Gasteiger partial charge in [-0.05, 0) is 29.8 Å². The van der Waals surface area contributed by atoms with E-state index in [0.29, 0.717) is 5.69 Å². The average molecular weight is 395 g/mol. The van der Waals surface area contributed by atoms with Crippen LogP contribution in [0.4, 0.5) is 0 Å². The Kier molecular flexibility index (Phi) is 6.52. The van der Waals surface area contributed by atoms with Crippen LogP contribution in [0.2, 0.25) is 0 Å². The topological polar surface area (TPSA) is 79.4 Å². The van der Waals surface area contributed by atoms with E-state index in [4.69, 9.17) is 0 Å². The maximum Gasteiger partial charge on any atom is 0.243 e. The van der Waals surface area contributed by atoms with Gasteiger partial charge >= 0.3 is 0 Å². The van der Waals surface area contributed by atoms with Crippen LogP contribution in [-0.2, 0) is 27.9 Å². The van der Waals surface area contributed by atoms with E-state index in [1.165, 1.54) is 16.4 Å². The second-order valence-electron chi connectivity index (χ2n) is 6.17. The van der Waals surface area contributed by atoms with Crippen LogP contribution in [0.5, 0.6) is 0 Å². The van der Waals surface area contributed by atoms with E-state index < -0.39 is 10.0 Å². The zero-order valence-corrected chi connectivity index (χ0v) is 16.0. The smallest absolute Gasteiger partial charge is 0.243 e. The average Bonchev–Trinajstić information content (AvgIpc) is 2.74. The molecule has 0 spiro atoms. The molecule has 28 heavy (non-hydrogen) atoms. The number of hydrogen-bond acceptors (Lipinski definition) is 4. The maximum absolute atomic E-state index is 13.1. The number of sulfonamides is 1. The number of nitrogens with zero attached hydrogens (tertiary/aromatic N) is 2. The van der Waals surface area contributed by atoms with Crippen molar-refractivity contribution in [1.82, 2.24) is 14.6 Å². The summed E-state index contributed by atoms with van der Waals surface area (Å²) in [5.74, 6) is -0.388. The minimum atomic E-state index is -3.82. The highest BCUT2D eigenvalue weighted by atomic mass is 32.2. The lowest BCUT2D eigenvalue weighted by atomic mass is 10.2. The molecule has 6 nitrogen and oxygen atoms in total. The molecule has 0 saturated carbocycles. The van der Waals surface area contributed by atoms with E-state index in [1.807, 2.05) is 36.4 Å². The molecule has 3 rings (SSSR count). The number of aromatic nitrogens is 1. The first-order valence-corrected chi connectivity index (χ1v) is 10.3. The zero-order chi connectivity index (χ0) is 19.8. The predicted molar refractivity (Wildman–Crippen MR) is 107 cm³/mol. The van der Waals surface area contributed by atoms with E-state index in [-0.39, 0.29) is 30.4 Å². The highest BCUT2D eigenvalue weighted by molar-refractivity contribution is 7.89. The van der Waals surface area contributed by atoms with Gasteiger partial charge in [-0.1, -0.05) is 54.6 Å². The molecule has 0 aliphatic heterocycles. The first kappa shape index (κ1) is 19.7. The minimum Gasteiger partial charge on any atom is -0.349 e. The Morgan fingerprint density at radius 1 is 0.893 bits per heavy atom. The molecule has 0 bridgehead atoms. The molecule has 0 unspecified atom stereocenters. The van der Waals surface area contributed by atoms with Crippen molar-refractivity contribution >= 4 is 15.9 Å². The van der Waals surface area contributed by atoms with Gasteiger partial charge in [0.1, 0.15) is 0 Å². The third-order valence-corrected chi connectivity index (χ3v) is 5.90. The van der Waals surface area contributed by atoms with Crippen molar-refractivity contribution in [2.45, 2.75) is 18.0 Å². The zero-order valence-electron chi connectivity index (χ0n) is 15.2. The van der Waals surface area contributed by atoms with Crippen molar-refractivity contribution in [1.29, 1.82) is 0 Å². The number of nitrogens with one attached hydrogen (secondary N) is 1. The molecule has 2 aromatic carbocycles. The van der Waals surface area contributed by atoms with Crippen molar-refractivity contribution in [3.63, 3.8) is 0 Å². The second kappa shape index (κ2) is 9.25. The third kappa shape index (κ3) is 5.25. The van der Waals surface area contributed by atoms with Gasteiger partial charge in [0.15, 0.2) is 0 Å². The largest absolute Gasteiger partial charge is 0.349 e. The van der Waals surface area contributed by atoms with Gasteiger partial charge < -0.3 is 5.32 Å². The number of pyridine rings is 1. The lowest BCUT2D eigenvalue weighted by Gasteiger charge is -2.22. The van der Waals surface area contributed by atoms with Crippen molar-refractivity contribution < 1.29 is 13.2 Å². The first-order chi connectivity index (χ1) is 13.6. The summed E-state index contributed by atoms with van der Waals surface area (Å²) >= 11 is 0. The Morgan fingerprint density at radius 2 is 1.54 bits per heavy atom. The fourth-order valence-electron chi connectivity index (χ4n) is 2.66. The summed E-state index contributed by atoms with van der Waals surface area (Å²) in [4.78, 5) is 16.8. The highest BCUT2D eigenvalue weighted by Gasteiger charge is 2.26. The third-order valence-electron chi connectivity index (χ3n) is 4.10. The number of benzene rings is 2. The Balaban J connectivity index is 1.77. The predicted octanol–water partition coefficient (Wildman–Crippen LogP) is 2.59. The maximum atomic E-state index is 13.1. The molecule has 0 aliphatic rings. The van der Waals surface area contributed by atoms with Crippen molar-refractivity contribution in [3.8, 4) is 0 Å². The fourth-order valence-corrected chi connectivity index (χ4v) is 4.07. The molecule has 7 heteroatoms. The Labute approximate surface area is 164 Å². The summed E-state index contributed by atoms with van der Waals surface area (Å²) in [5.41, 5.74) is 1.51. The standard InChI is InChI=1S/C21H21N3O3S/c25-21(23-15-19-11-7-8-14-22-19)17-24(16-18-9-3-1-4-10-18)28(26,27)20-12-5-2-6-13-20/h1-14H,15-17H2,(H,23,25). The molecule has 0 aliphatic carbocycles. The van der Waals surface area contributed by atoms with Crippen LogP contribution in [0, 0.1) is 0 Å². The molecule has 1 heterocycles. The summed E-state index contributed by atoms with van der Waals surface area (Å²) in [5, 5.41) is 2.73. The Morgan fingerprint density at radius 3 is 2.18 bits per heavy atom. The van der Waals surface area contributed by atoms with Gasteiger partial charge in [-0.15, -0.1) is 0 Å². The normalized spacial score (nSPS) is 11.3. The number of hydrogen-bond donors (Lipinski definition) is 1. The summed E-state index contributed by atoms with van der Waals surface area (Å²) < 4.78 is 27.3. The number of carbonyl (C=O) groups excluding carboxylic acids is 1. The number of amides is 1. The molecule has 3 aromatic rings. The van der Waals surface area contributed by atoms with Crippen LogP contribution in [0.15, 0.2) is 90.0 Å². The molecule has 0 radical (unpaired) electrons. The Bertz CT molecular complexity index is 995. The summed E-state index contributed by atoms with van der Waals surface area (Å²) in [6, 6.07) is 22.7. The lowest BCUT2D eigenvalue weighted by Crippen LogP contribution is -2.40. The van der Waals surface area contributed by atoms with Crippen molar-refractivity contribution in [3.05, 3.63) is 96.3 Å². The van der Waals surface area contributed by atoms with Gasteiger partial charge in [-0.2, -0.15) is 4.31 Å². The van der Waals surface area contributed by atoms with Crippen LogP contribution in [0.1, 0.15) is 11.3 Å². The molecular formula is C21H21N3O3S. The molecule has 1 amide bonds. The highest BCUT2D eigenvalue weighted by Crippen LogP contribution is 2.18. The summed E-state index contributed by atoms with van der Waals surface area (Å²) in [6.45, 7) is 0.0677. The van der Waals surface area contributed by atoms with Gasteiger partial charge in [0.25, 0.3) is 0 Å². The van der Waals surface area contributed by atoms with E-state index in [9.17, 15) is 13.2 Å². The van der Waals surface area contributed by atoms with Crippen LogP contribution < -0.4 is 5.32 Å². The molecule has 0 atom stereocenters. The van der Waals surface area contributed by atoms with Gasteiger partial charge in [0, 0.05) is 12.7 Å². The molecule has 0 saturated heterocycles. The van der Waals surface area contributed by atoms with Crippen LogP contribution in [0.3, 0.4) is 0 Å². The summed E-state index contributed by atoms with van der Waals surface area (Å²) in [6.07, 6.45) is 1.64. The van der Waals surface area contributed by atoms with E-state index in [1.54, 1.807) is 36.5 Å². The van der Waals surface area contributed by atoms with Crippen molar-refractivity contribution in [2.24, 2.45) is 0 Å². The van der Waals surface area contributed by atoms with Gasteiger partial charge in [0.05, 0.1) is 23.7 Å². The first-order valence-electron chi connectivity index (χ1n) is 8.81. The Hall–Kier alpha value is -3.03. The van der Waals surface area contributed by atoms with E-state index >= 15 is 0 Å². The van der Waals surface area contributed by atoms with Gasteiger partial charge in [0.2, 0.25) is 15.9 Å². The van der Waals surface area contributed by atoms with Crippen LogP contribution >= 0.6 is 0 Å². The van der Waals surface area contributed by atoms with Crippen LogP contribution in [0.25, 0.3) is 0 Å². The monoisotopic (exact) mass is 395 g/mol. The molecule has 144 valence electrons. The van der Waals surface area contributed by atoms with Crippen molar-refractivity contribution in [2.75, 3.05) is 6.54 Å². The van der Waals surface area contributed by atoms with E-state index in [2.05, 4.69) is 10.3 Å². The second-order valence-corrected chi connectivity index (χ2v) is 8.11. The number of carbonyl (C=O) groups is 1. The van der Waals surface area contributed by atoms with Crippen LogP contribution in [-0.4, -0.2) is 30.2 Å². The molecule has 1 aromatic heterocycles. The fraction of sp³-hybridized carbons (Fsp3) is 0.143. The van der Waals surface area contributed by atoms with Gasteiger partial charge in [-0.3, -0.25) is 9.78 Å². The van der Waals surface area contributed by atoms with E-state index in [0.717, 1.165) is 5.56 Å². The molecule has 0 fully saturated rings. The lowest BCUT2D eigenvalue weighted by molar-refractivity contribution is -0.121. The van der Waals surface area contributed by atoms with Gasteiger partial charge in [-0.25, -0.2) is 8.42 Å². The number of rotatable bonds is 8. The minimum absolute atomic E-state index is 0.106. The molecule has 1 N–H and O–H groups in total.